The molecule has 1 saturated heterocycles. The predicted molar refractivity (Wildman–Crippen MR) is 112 cm³/mol. The molecule has 0 aliphatic carbocycles. The molecule has 1 fully saturated rings. The second-order valence-corrected chi connectivity index (χ2v) is 9.40. The minimum Gasteiger partial charge on any atom is -0.339 e. The lowest BCUT2D eigenvalue weighted by molar-refractivity contribution is 0.102. The van der Waals surface area contributed by atoms with Crippen LogP contribution in [0.5, 0.6) is 0 Å². The number of nitrogens with zero attached hydrogens (tertiary/aromatic N) is 5. The van der Waals surface area contributed by atoms with Gasteiger partial charge in [0.15, 0.2) is 0 Å². The Morgan fingerprint density at radius 1 is 1.21 bits per heavy atom. The molecular formula is C20H15F3N6O4S. The van der Waals surface area contributed by atoms with E-state index in [-0.39, 0.29) is 36.2 Å². The highest BCUT2D eigenvalue weighted by atomic mass is 32.2. The van der Waals surface area contributed by atoms with E-state index >= 15 is 0 Å². The molecule has 0 atom stereocenters. The van der Waals surface area contributed by atoms with Crippen LogP contribution in [0.25, 0.3) is 17.0 Å². The zero-order valence-corrected chi connectivity index (χ0v) is 17.9. The number of rotatable bonds is 6. The van der Waals surface area contributed by atoms with Crippen LogP contribution in [-0.4, -0.2) is 57.0 Å². The highest BCUT2D eigenvalue weighted by Gasteiger charge is 2.43. The number of benzene rings is 1. The number of alkyl halides is 2. The van der Waals surface area contributed by atoms with Crippen LogP contribution in [-0.2, 0) is 10.0 Å². The third kappa shape index (κ3) is 3.80. The number of anilines is 1. The first-order valence-electron chi connectivity index (χ1n) is 9.88. The number of carbonyl (C=O) groups excluding carboxylic acids is 1. The minimum absolute atomic E-state index is 0.0652. The van der Waals surface area contributed by atoms with Crippen LogP contribution in [0.2, 0.25) is 0 Å². The molecule has 0 bridgehead atoms. The molecule has 0 spiro atoms. The van der Waals surface area contributed by atoms with Gasteiger partial charge in [0.1, 0.15) is 17.2 Å². The summed E-state index contributed by atoms with van der Waals surface area (Å²) in [7, 11) is -4.66. The Kier molecular flexibility index (Phi) is 5.32. The van der Waals surface area contributed by atoms with E-state index in [2.05, 4.69) is 20.4 Å². The zero-order chi connectivity index (χ0) is 24.0. The standard InChI is InChI=1S/C20H15F3N6O4S/c21-13-5-4-11(7-14(13)25-18(30)15-8-24-16-3-1-2-6-29(15)16)17-26-19(33-27-17)12-9-28(10-12)34(31,32)20(22)23/h1-8,12,20H,9-10H2,(H,25,30). The quantitative estimate of drug-likeness (QED) is 0.439. The fourth-order valence-electron chi connectivity index (χ4n) is 3.48. The molecule has 0 radical (unpaired) electrons. The molecular weight excluding hydrogens is 477 g/mol. The number of sulfonamides is 1. The number of halogens is 3. The Hall–Kier alpha value is -3.78. The second-order valence-electron chi connectivity index (χ2n) is 7.50. The highest BCUT2D eigenvalue weighted by molar-refractivity contribution is 7.89. The van der Waals surface area contributed by atoms with Crippen molar-refractivity contribution in [3.8, 4) is 11.4 Å². The first-order chi connectivity index (χ1) is 16.2. The van der Waals surface area contributed by atoms with Crippen molar-refractivity contribution < 1.29 is 30.9 Å². The summed E-state index contributed by atoms with van der Waals surface area (Å²) in [6.45, 7) is -0.420. The van der Waals surface area contributed by atoms with Gasteiger partial charge in [0.25, 0.3) is 15.9 Å². The summed E-state index contributed by atoms with van der Waals surface area (Å²) in [6.07, 6.45) is 3.02. The summed E-state index contributed by atoms with van der Waals surface area (Å²) in [5.74, 6) is -5.18. The lowest BCUT2D eigenvalue weighted by atomic mass is 10.0. The first-order valence-corrected chi connectivity index (χ1v) is 11.4. The van der Waals surface area contributed by atoms with Gasteiger partial charge in [-0.15, -0.1) is 0 Å². The molecule has 0 unspecified atom stereocenters. The average molecular weight is 492 g/mol. The van der Waals surface area contributed by atoms with E-state index in [0.717, 1.165) is 6.07 Å². The average Bonchev–Trinajstić information content (AvgIpc) is 3.41. The second kappa shape index (κ2) is 8.22. The number of nitrogens with one attached hydrogen (secondary N) is 1. The Labute approximate surface area is 190 Å². The molecule has 34 heavy (non-hydrogen) atoms. The Bertz CT molecular complexity index is 1500. The number of aromatic nitrogens is 4. The molecule has 1 N–H and O–H groups in total. The van der Waals surface area contributed by atoms with Crippen LogP contribution in [0.15, 0.2) is 53.3 Å². The van der Waals surface area contributed by atoms with Crippen molar-refractivity contribution in [2.45, 2.75) is 11.7 Å². The van der Waals surface area contributed by atoms with Gasteiger partial charge in [-0.05, 0) is 30.3 Å². The highest BCUT2D eigenvalue weighted by Crippen LogP contribution is 2.32. The van der Waals surface area contributed by atoms with E-state index in [1.54, 1.807) is 28.8 Å². The van der Waals surface area contributed by atoms with Crippen LogP contribution >= 0.6 is 0 Å². The van der Waals surface area contributed by atoms with E-state index in [4.69, 9.17) is 4.52 Å². The smallest absolute Gasteiger partial charge is 0.339 e. The maximum absolute atomic E-state index is 14.4. The molecule has 1 aromatic carbocycles. The van der Waals surface area contributed by atoms with E-state index in [0.29, 0.717) is 15.5 Å². The van der Waals surface area contributed by atoms with Gasteiger partial charge < -0.3 is 9.84 Å². The molecule has 5 rings (SSSR count). The van der Waals surface area contributed by atoms with Crippen LogP contribution in [0.1, 0.15) is 22.3 Å². The lowest BCUT2D eigenvalue weighted by Crippen LogP contribution is -2.50. The summed E-state index contributed by atoms with van der Waals surface area (Å²) in [5.41, 5.74) is 0.950. The summed E-state index contributed by atoms with van der Waals surface area (Å²) in [6, 6.07) is 9.03. The first kappa shape index (κ1) is 22.0. The number of hydrogen-bond donors (Lipinski definition) is 1. The van der Waals surface area contributed by atoms with Crippen LogP contribution in [0, 0.1) is 5.82 Å². The maximum Gasteiger partial charge on any atom is 0.350 e. The number of hydrogen-bond acceptors (Lipinski definition) is 7. The van der Waals surface area contributed by atoms with Gasteiger partial charge in [-0.1, -0.05) is 11.2 Å². The van der Waals surface area contributed by atoms with Crippen molar-refractivity contribution in [1.29, 1.82) is 0 Å². The monoisotopic (exact) mass is 492 g/mol. The SMILES string of the molecule is O=C(Nc1cc(-c2noc(C3CN(S(=O)(=O)C(F)F)C3)n2)ccc1F)c1cnc2ccccn12. The third-order valence-corrected chi connectivity index (χ3v) is 6.81. The van der Waals surface area contributed by atoms with Gasteiger partial charge in [0.05, 0.1) is 17.8 Å². The van der Waals surface area contributed by atoms with Gasteiger partial charge >= 0.3 is 5.76 Å². The summed E-state index contributed by atoms with van der Waals surface area (Å²) >= 11 is 0. The van der Waals surface area contributed by atoms with E-state index in [9.17, 15) is 26.4 Å². The lowest BCUT2D eigenvalue weighted by Gasteiger charge is -2.35. The van der Waals surface area contributed by atoms with Crippen LogP contribution < -0.4 is 5.32 Å². The van der Waals surface area contributed by atoms with Gasteiger partial charge in [-0.25, -0.2) is 17.8 Å². The van der Waals surface area contributed by atoms with Gasteiger partial charge in [-0.2, -0.15) is 18.1 Å². The van der Waals surface area contributed by atoms with Crippen LogP contribution in [0.3, 0.4) is 0 Å². The maximum atomic E-state index is 14.4. The van der Waals surface area contributed by atoms with E-state index < -0.39 is 33.4 Å². The minimum atomic E-state index is -4.66. The Balaban J connectivity index is 1.33. The van der Waals surface area contributed by atoms with Crippen molar-refractivity contribution >= 4 is 27.3 Å². The molecule has 176 valence electrons. The summed E-state index contributed by atoms with van der Waals surface area (Å²) < 4.78 is 69.9. The van der Waals surface area contributed by atoms with Gasteiger partial charge in [0.2, 0.25) is 11.7 Å². The van der Waals surface area contributed by atoms with Gasteiger partial charge in [-0.3, -0.25) is 9.20 Å². The van der Waals surface area contributed by atoms with E-state index in [1.165, 1.54) is 18.3 Å². The summed E-state index contributed by atoms with van der Waals surface area (Å²) in [5, 5.41) is 6.30. The number of carbonyl (C=O) groups is 1. The molecule has 10 nitrogen and oxygen atoms in total. The molecule has 1 aliphatic rings. The molecule has 14 heteroatoms. The predicted octanol–water partition coefficient (Wildman–Crippen LogP) is 2.73. The van der Waals surface area contributed by atoms with Gasteiger partial charge in [0, 0.05) is 24.8 Å². The van der Waals surface area contributed by atoms with Crippen molar-refractivity contribution in [3.63, 3.8) is 0 Å². The van der Waals surface area contributed by atoms with Crippen molar-refractivity contribution in [1.82, 2.24) is 23.8 Å². The zero-order valence-electron chi connectivity index (χ0n) is 17.1. The number of amides is 1. The van der Waals surface area contributed by atoms with Crippen molar-refractivity contribution in [3.05, 3.63) is 66.2 Å². The molecule has 4 aromatic rings. The summed E-state index contributed by atoms with van der Waals surface area (Å²) in [4.78, 5) is 21.0. The number of pyridine rings is 1. The Morgan fingerprint density at radius 2 is 2.00 bits per heavy atom. The molecule has 1 aliphatic heterocycles. The fraction of sp³-hybridized carbons (Fsp3) is 0.200. The number of imidazole rings is 1. The Morgan fingerprint density at radius 3 is 2.76 bits per heavy atom. The largest absolute Gasteiger partial charge is 0.350 e. The fourth-order valence-corrected chi connectivity index (χ4v) is 4.48. The molecule has 0 saturated carbocycles. The normalized spacial score (nSPS) is 15.1. The molecule has 3 aromatic heterocycles. The topological polar surface area (TPSA) is 123 Å². The third-order valence-electron chi connectivity index (χ3n) is 5.35. The van der Waals surface area contributed by atoms with Crippen molar-refractivity contribution in [2.24, 2.45) is 0 Å². The van der Waals surface area contributed by atoms with Crippen LogP contribution in [0.4, 0.5) is 18.9 Å². The number of fused-ring (bicyclic) bond motifs is 1. The van der Waals surface area contributed by atoms with E-state index in [1.807, 2.05) is 0 Å². The molecule has 1 amide bonds. The van der Waals surface area contributed by atoms with Crippen molar-refractivity contribution in [2.75, 3.05) is 18.4 Å². The molecule has 4 heterocycles.